The Labute approximate surface area is 203 Å². The van der Waals surface area contributed by atoms with Crippen LogP contribution in [0, 0.1) is 13.8 Å². The van der Waals surface area contributed by atoms with Crippen molar-refractivity contribution in [2.45, 2.75) is 65.3 Å². The summed E-state index contributed by atoms with van der Waals surface area (Å²) >= 11 is 1.85. The van der Waals surface area contributed by atoms with Gasteiger partial charge in [-0.3, -0.25) is 4.79 Å². The second-order valence-corrected chi connectivity index (χ2v) is 11.2. The number of fused-ring (bicyclic) bond motifs is 1. The van der Waals surface area contributed by atoms with Gasteiger partial charge in [0, 0.05) is 35.2 Å². The standard InChI is InChI=1S/C29H36N2OS/c1-19(2)23-12-16-25(17-13-23)31(18-22-10-14-24(15-11-22)30(5)6)29(32)27-9-7-8-26-20(3)33-21(4)28(26)27/h10-17,19,27H,7-9,18H2,1-6H3. The molecule has 0 saturated carbocycles. The molecule has 4 rings (SSSR count). The van der Waals surface area contributed by atoms with Crippen LogP contribution in [0.2, 0.25) is 0 Å². The molecule has 0 saturated heterocycles. The summed E-state index contributed by atoms with van der Waals surface area (Å²) in [6.45, 7) is 9.38. The Balaban J connectivity index is 1.70. The van der Waals surface area contributed by atoms with Gasteiger partial charge in [-0.15, -0.1) is 11.3 Å². The van der Waals surface area contributed by atoms with E-state index in [1.807, 2.05) is 30.3 Å². The highest BCUT2D eigenvalue weighted by molar-refractivity contribution is 7.12. The van der Waals surface area contributed by atoms with Crippen LogP contribution in [0.25, 0.3) is 0 Å². The highest BCUT2D eigenvalue weighted by Crippen LogP contribution is 2.42. The van der Waals surface area contributed by atoms with Crippen molar-refractivity contribution in [2.75, 3.05) is 23.9 Å². The van der Waals surface area contributed by atoms with E-state index < -0.39 is 0 Å². The predicted octanol–water partition coefficient (Wildman–Crippen LogP) is 7.21. The molecule has 0 radical (unpaired) electrons. The fourth-order valence-corrected chi connectivity index (χ4v) is 6.16. The van der Waals surface area contributed by atoms with Gasteiger partial charge in [-0.2, -0.15) is 0 Å². The van der Waals surface area contributed by atoms with Gasteiger partial charge in [0.1, 0.15) is 0 Å². The lowest BCUT2D eigenvalue weighted by atomic mass is 9.82. The Bertz CT molecular complexity index is 1110. The Morgan fingerprint density at radius 3 is 2.21 bits per heavy atom. The third kappa shape index (κ3) is 4.86. The number of nitrogens with zero attached hydrogens (tertiary/aromatic N) is 2. The molecule has 1 aliphatic carbocycles. The van der Waals surface area contributed by atoms with Crippen molar-refractivity contribution in [3.63, 3.8) is 0 Å². The van der Waals surface area contributed by atoms with Crippen molar-refractivity contribution in [3.8, 4) is 0 Å². The number of aryl methyl sites for hydroxylation is 2. The molecule has 0 fully saturated rings. The molecule has 0 N–H and O–H groups in total. The Morgan fingerprint density at radius 1 is 0.970 bits per heavy atom. The summed E-state index contributed by atoms with van der Waals surface area (Å²) in [6, 6.07) is 17.1. The third-order valence-corrected chi connectivity index (χ3v) is 8.01. The van der Waals surface area contributed by atoms with E-state index >= 15 is 0 Å². The predicted molar refractivity (Wildman–Crippen MR) is 142 cm³/mol. The molecule has 3 aromatic rings. The number of benzene rings is 2. The average molecular weight is 461 g/mol. The number of rotatable bonds is 6. The highest BCUT2D eigenvalue weighted by atomic mass is 32.1. The Morgan fingerprint density at radius 2 is 1.61 bits per heavy atom. The van der Waals surface area contributed by atoms with E-state index in [1.165, 1.54) is 32.1 Å². The summed E-state index contributed by atoms with van der Waals surface area (Å²) in [5.41, 5.74) is 7.33. The van der Waals surface area contributed by atoms with E-state index in [4.69, 9.17) is 0 Å². The molecule has 0 bridgehead atoms. The molecule has 1 aromatic heterocycles. The largest absolute Gasteiger partial charge is 0.378 e. The quantitative estimate of drug-likeness (QED) is 0.388. The van der Waals surface area contributed by atoms with Crippen LogP contribution in [0.1, 0.15) is 70.5 Å². The van der Waals surface area contributed by atoms with Crippen LogP contribution in [-0.4, -0.2) is 20.0 Å². The zero-order chi connectivity index (χ0) is 23.7. The number of thiophene rings is 1. The zero-order valence-electron chi connectivity index (χ0n) is 20.8. The van der Waals surface area contributed by atoms with E-state index in [2.05, 4.69) is 81.1 Å². The van der Waals surface area contributed by atoms with E-state index in [9.17, 15) is 4.79 Å². The molecule has 1 atom stereocenters. The first-order valence-corrected chi connectivity index (χ1v) is 12.8. The van der Waals surface area contributed by atoms with Crippen LogP contribution >= 0.6 is 11.3 Å². The fraction of sp³-hybridized carbons (Fsp3) is 0.414. The first-order chi connectivity index (χ1) is 15.8. The SMILES string of the molecule is Cc1sc(C)c2c1CCCC2C(=O)N(Cc1ccc(N(C)C)cc1)c1ccc(C(C)C)cc1. The van der Waals surface area contributed by atoms with Gasteiger partial charge >= 0.3 is 0 Å². The van der Waals surface area contributed by atoms with E-state index in [0.717, 1.165) is 30.5 Å². The maximum atomic E-state index is 14.1. The van der Waals surface area contributed by atoms with Crippen LogP contribution in [0.3, 0.4) is 0 Å². The number of hydrogen-bond acceptors (Lipinski definition) is 3. The van der Waals surface area contributed by atoms with E-state index in [-0.39, 0.29) is 11.8 Å². The number of carbonyl (C=O) groups excluding carboxylic acids is 1. The van der Waals surface area contributed by atoms with Crippen LogP contribution < -0.4 is 9.80 Å². The number of amides is 1. The molecule has 3 nitrogen and oxygen atoms in total. The molecule has 33 heavy (non-hydrogen) atoms. The van der Waals surface area contributed by atoms with Crippen molar-refractivity contribution in [2.24, 2.45) is 0 Å². The molecule has 2 aromatic carbocycles. The first kappa shape index (κ1) is 23.6. The lowest BCUT2D eigenvalue weighted by molar-refractivity contribution is -0.120. The van der Waals surface area contributed by atoms with Crippen LogP contribution in [0.15, 0.2) is 48.5 Å². The van der Waals surface area contributed by atoms with Crippen molar-refractivity contribution >= 4 is 28.6 Å². The highest BCUT2D eigenvalue weighted by Gasteiger charge is 2.34. The van der Waals surface area contributed by atoms with Gasteiger partial charge in [0.15, 0.2) is 0 Å². The molecule has 174 valence electrons. The minimum Gasteiger partial charge on any atom is -0.378 e. The van der Waals surface area contributed by atoms with Crippen LogP contribution in [0.4, 0.5) is 11.4 Å². The molecular formula is C29H36N2OS. The van der Waals surface area contributed by atoms with Gasteiger partial charge in [-0.25, -0.2) is 0 Å². The van der Waals surface area contributed by atoms with E-state index in [1.54, 1.807) is 0 Å². The topological polar surface area (TPSA) is 23.6 Å². The van der Waals surface area contributed by atoms with Gasteiger partial charge in [0.2, 0.25) is 5.91 Å². The number of hydrogen-bond donors (Lipinski definition) is 0. The zero-order valence-corrected chi connectivity index (χ0v) is 21.6. The van der Waals surface area contributed by atoms with Crippen LogP contribution in [-0.2, 0) is 17.8 Å². The Kier molecular flexibility index (Phi) is 6.94. The second-order valence-electron chi connectivity index (χ2n) is 9.78. The second kappa shape index (κ2) is 9.72. The molecular weight excluding hydrogens is 424 g/mol. The van der Waals surface area contributed by atoms with Crippen molar-refractivity contribution < 1.29 is 4.79 Å². The number of anilines is 2. The summed E-state index contributed by atoms with van der Waals surface area (Å²) < 4.78 is 0. The van der Waals surface area contributed by atoms with Crippen molar-refractivity contribution in [1.82, 2.24) is 0 Å². The van der Waals surface area contributed by atoms with Crippen molar-refractivity contribution in [1.29, 1.82) is 0 Å². The minimum absolute atomic E-state index is 0.0514. The maximum Gasteiger partial charge on any atom is 0.234 e. The van der Waals surface area contributed by atoms with Crippen molar-refractivity contribution in [3.05, 3.63) is 80.5 Å². The summed E-state index contributed by atoms with van der Waals surface area (Å²) in [7, 11) is 4.10. The molecule has 1 amide bonds. The minimum atomic E-state index is -0.0514. The van der Waals surface area contributed by atoms with Gasteiger partial charge in [-0.05, 0) is 85.5 Å². The third-order valence-electron chi connectivity index (χ3n) is 6.93. The normalized spacial score (nSPS) is 15.4. The fourth-order valence-electron chi connectivity index (χ4n) is 4.99. The number of carbonyl (C=O) groups is 1. The summed E-state index contributed by atoms with van der Waals surface area (Å²) in [4.78, 5) is 21.0. The first-order valence-electron chi connectivity index (χ1n) is 12.0. The van der Waals surface area contributed by atoms with Gasteiger partial charge < -0.3 is 9.80 Å². The molecule has 1 unspecified atom stereocenters. The Hall–Kier alpha value is -2.59. The summed E-state index contributed by atoms with van der Waals surface area (Å²) in [6.07, 6.45) is 3.12. The molecule has 1 aliphatic rings. The van der Waals surface area contributed by atoms with Gasteiger partial charge in [0.25, 0.3) is 0 Å². The molecule has 4 heteroatoms. The van der Waals surface area contributed by atoms with Crippen LogP contribution in [0.5, 0.6) is 0 Å². The molecule has 1 heterocycles. The summed E-state index contributed by atoms with van der Waals surface area (Å²) in [5.74, 6) is 0.648. The maximum absolute atomic E-state index is 14.1. The molecule has 0 aliphatic heterocycles. The summed E-state index contributed by atoms with van der Waals surface area (Å²) in [5, 5.41) is 0. The monoisotopic (exact) mass is 460 g/mol. The smallest absolute Gasteiger partial charge is 0.234 e. The molecule has 0 spiro atoms. The lowest BCUT2D eigenvalue weighted by Crippen LogP contribution is -2.36. The van der Waals surface area contributed by atoms with Gasteiger partial charge in [-0.1, -0.05) is 38.1 Å². The van der Waals surface area contributed by atoms with E-state index in [0.29, 0.717) is 12.5 Å². The average Bonchev–Trinajstić information content (AvgIpc) is 3.11. The lowest BCUT2D eigenvalue weighted by Gasteiger charge is -2.31. The van der Waals surface area contributed by atoms with Gasteiger partial charge in [0.05, 0.1) is 12.5 Å².